The van der Waals surface area contributed by atoms with E-state index in [0.717, 1.165) is 3.57 Å². The van der Waals surface area contributed by atoms with E-state index in [9.17, 15) is 14.9 Å². The third kappa shape index (κ3) is 3.61. The van der Waals surface area contributed by atoms with Crippen LogP contribution in [0.2, 0.25) is 5.02 Å². The van der Waals surface area contributed by atoms with Gasteiger partial charge in [-0.15, -0.1) is 0 Å². The number of hydrogen-bond donors (Lipinski definition) is 2. The van der Waals surface area contributed by atoms with Gasteiger partial charge in [0.05, 0.1) is 10.6 Å². The Morgan fingerprint density at radius 2 is 2.00 bits per heavy atom. The van der Waals surface area contributed by atoms with E-state index in [-0.39, 0.29) is 16.9 Å². The zero-order valence-corrected chi connectivity index (χ0v) is 13.4. The summed E-state index contributed by atoms with van der Waals surface area (Å²) in [6.07, 6.45) is 0. The van der Waals surface area contributed by atoms with E-state index < -0.39 is 10.8 Å². The molecule has 0 saturated carbocycles. The Morgan fingerprint density at radius 3 is 2.62 bits per heavy atom. The summed E-state index contributed by atoms with van der Waals surface area (Å²) in [5.41, 5.74) is 5.98. The molecule has 0 heterocycles. The monoisotopic (exact) mass is 417 g/mol. The van der Waals surface area contributed by atoms with Gasteiger partial charge in [0.2, 0.25) is 0 Å². The van der Waals surface area contributed by atoms with Gasteiger partial charge in [0.15, 0.2) is 0 Å². The molecule has 0 aliphatic carbocycles. The highest BCUT2D eigenvalue weighted by Crippen LogP contribution is 2.25. The molecule has 0 aliphatic heterocycles. The molecular formula is C13H9ClIN3O3. The smallest absolute Gasteiger partial charge is 0.282 e. The average molecular weight is 418 g/mol. The highest BCUT2D eigenvalue weighted by molar-refractivity contribution is 14.1. The Balaban J connectivity index is 2.36. The highest BCUT2D eigenvalue weighted by atomic mass is 127. The van der Waals surface area contributed by atoms with Crippen molar-refractivity contribution in [3.63, 3.8) is 0 Å². The number of hydrogen-bond acceptors (Lipinski definition) is 4. The number of nitro groups is 1. The van der Waals surface area contributed by atoms with Crippen molar-refractivity contribution >= 4 is 57.2 Å². The second-order valence-electron chi connectivity index (χ2n) is 4.11. The predicted octanol–water partition coefficient (Wildman–Crippen LogP) is 3.69. The van der Waals surface area contributed by atoms with Crippen molar-refractivity contribution < 1.29 is 9.72 Å². The lowest BCUT2D eigenvalue weighted by atomic mass is 10.1. The van der Waals surface area contributed by atoms with Crippen LogP contribution >= 0.6 is 34.2 Å². The number of nitrogen functional groups attached to an aromatic ring is 1. The molecule has 2 aromatic carbocycles. The molecule has 0 aromatic heterocycles. The molecule has 1 amide bonds. The molecule has 3 N–H and O–H groups in total. The second kappa shape index (κ2) is 6.27. The third-order valence-corrected chi connectivity index (χ3v) is 3.77. The van der Waals surface area contributed by atoms with Gasteiger partial charge in [-0.3, -0.25) is 14.9 Å². The van der Waals surface area contributed by atoms with Crippen molar-refractivity contribution in [2.45, 2.75) is 0 Å². The minimum atomic E-state index is -0.624. The number of carbonyl (C=O) groups excluding carboxylic acids is 1. The maximum absolute atomic E-state index is 12.2. The summed E-state index contributed by atoms with van der Waals surface area (Å²) in [7, 11) is 0. The van der Waals surface area contributed by atoms with Gasteiger partial charge in [-0.2, -0.15) is 0 Å². The van der Waals surface area contributed by atoms with Crippen LogP contribution < -0.4 is 11.1 Å². The van der Waals surface area contributed by atoms with Crippen LogP contribution in [-0.2, 0) is 0 Å². The summed E-state index contributed by atoms with van der Waals surface area (Å²) in [4.78, 5) is 22.6. The number of nitrogens with one attached hydrogen (secondary N) is 1. The molecule has 0 spiro atoms. The Kier molecular flexibility index (Phi) is 4.63. The summed E-state index contributed by atoms with van der Waals surface area (Å²) < 4.78 is 0.722. The molecule has 6 nitrogen and oxygen atoms in total. The lowest BCUT2D eigenvalue weighted by Gasteiger charge is -2.08. The molecule has 0 bridgehead atoms. The van der Waals surface area contributed by atoms with Crippen LogP contribution in [0.25, 0.3) is 0 Å². The van der Waals surface area contributed by atoms with Gasteiger partial charge in [-0.1, -0.05) is 11.6 Å². The van der Waals surface area contributed by atoms with E-state index in [1.54, 1.807) is 18.2 Å². The van der Waals surface area contributed by atoms with Gasteiger partial charge in [0, 0.05) is 20.3 Å². The summed E-state index contributed by atoms with van der Waals surface area (Å²) in [5.74, 6) is -0.603. The second-order valence-corrected chi connectivity index (χ2v) is 5.71. The highest BCUT2D eigenvalue weighted by Gasteiger charge is 2.21. The first-order valence-electron chi connectivity index (χ1n) is 5.69. The molecule has 0 fully saturated rings. The van der Waals surface area contributed by atoms with Crippen molar-refractivity contribution in [3.8, 4) is 0 Å². The molecule has 0 radical (unpaired) electrons. The summed E-state index contributed by atoms with van der Waals surface area (Å²) >= 11 is 7.84. The number of halogens is 2. The minimum Gasteiger partial charge on any atom is -0.399 e. The number of nitrogens with two attached hydrogens (primary N) is 1. The van der Waals surface area contributed by atoms with Crippen LogP contribution in [0.1, 0.15) is 10.4 Å². The maximum atomic E-state index is 12.2. The quantitative estimate of drug-likeness (QED) is 0.344. The third-order valence-electron chi connectivity index (χ3n) is 2.64. The standard InChI is InChI=1S/C13H9ClIN3O3/c14-7-1-3-11(10(15)5-7)17-13(19)9-6-8(16)2-4-12(9)18(20)21/h1-6H,16H2,(H,17,19). The zero-order valence-electron chi connectivity index (χ0n) is 10.5. The zero-order chi connectivity index (χ0) is 15.6. The van der Waals surface area contributed by atoms with Gasteiger partial charge in [-0.25, -0.2) is 0 Å². The molecule has 8 heteroatoms. The first-order valence-corrected chi connectivity index (χ1v) is 7.14. The number of amides is 1. The van der Waals surface area contributed by atoms with Gasteiger partial charge in [0.25, 0.3) is 11.6 Å². The topological polar surface area (TPSA) is 98.3 Å². The predicted molar refractivity (Wildman–Crippen MR) is 89.6 cm³/mol. The van der Waals surface area contributed by atoms with Crippen molar-refractivity contribution in [3.05, 3.63) is 60.7 Å². The van der Waals surface area contributed by atoms with Crippen molar-refractivity contribution in [2.75, 3.05) is 11.1 Å². The van der Waals surface area contributed by atoms with Crippen LogP contribution in [-0.4, -0.2) is 10.8 Å². The molecule has 0 atom stereocenters. The van der Waals surface area contributed by atoms with Crippen LogP contribution in [0.5, 0.6) is 0 Å². The summed E-state index contributed by atoms with van der Waals surface area (Å²) in [5, 5.41) is 14.1. The van der Waals surface area contributed by atoms with Crippen molar-refractivity contribution in [1.82, 2.24) is 0 Å². The molecule has 0 aliphatic rings. The van der Waals surface area contributed by atoms with E-state index in [0.29, 0.717) is 10.7 Å². The molecule has 2 rings (SSSR count). The van der Waals surface area contributed by atoms with Gasteiger partial charge in [-0.05, 0) is 52.9 Å². The number of nitro benzene ring substituents is 1. The largest absolute Gasteiger partial charge is 0.399 e. The lowest BCUT2D eigenvalue weighted by molar-refractivity contribution is -0.385. The average Bonchev–Trinajstić information content (AvgIpc) is 2.41. The van der Waals surface area contributed by atoms with E-state index in [4.69, 9.17) is 17.3 Å². The Morgan fingerprint density at radius 1 is 1.29 bits per heavy atom. The van der Waals surface area contributed by atoms with E-state index in [1.165, 1.54) is 18.2 Å². The van der Waals surface area contributed by atoms with E-state index in [2.05, 4.69) is 5.32 Å². The van der Waals surface area contributed by atoms with Crippen molar-refractivity contribution in [2.24, 2.45) is 0 Å². The molecule has 108 valence electrons. The Bertz CT molecular complexity index is 737. The fourth-order valence-electron chi connectivity index (χ4n) is 1.68. The van der Waals surface area contributed by atoms with Gasteiger partial charge in [0.1, 0.15) is 5.56 Å². The SMILES string of the molecule is Nc1ccc([N+](=O)[O-])c(C(=O)Nc2ccc(Cl)cc2I)c1. The first-order chi connectivity index (χ1) is 9.88. The maximum Gasteiger partial charge on any atom is 0.282 e. The first kappa shape index (κ1) is 15.5. The van der Waals surface area contributed by atoms with E-state index >= 15 is 0 Å². The minimum absolute atomic E-state index is 0.0919. The Labute approximate surface area is 138 Å². The molecule has 0 unspecified atom stereocenters. The molecule has 21 heavy (non-hydrogen) atoms. The number of benzene rings is 2. The fourth-order valence-corrected chi connectivity index (χ4v) is 2.68. The number of nitrogens with zero attached hydrogens (tertiary/aromatic N) is 1. The van der Waals surface area contributed by atoms with Gasteiger partial charge >= 0.3 is 0 Å². The number of carbonyl (C=O) groups is 1. The molecule has 2 aromatic rings. The summed E-state index contributed by atoms with van der Waals surface area (Å²) in [6.45, 7) is 0. The van der Waals surface area contributed by atoms with E-state index in [1.807, 2.05) is 22.6 Å². The van der Waals surface area contributed by atoms with Crippen LogP contribution in [0, 0.1) is 13.7 Å². The van der Waals surface area contributed by atoms with Crippen LogP contribution in [0.15, 0.2) is 36.4 Å². The number of anilines is 2. The fraction of sp³-hybridized carbons (Fsp3) is 0. The summed E-state index contributed by atoms with van der Waals surface area (Å²) in [6, 6.07) is 8.77. The van der Waals surface area contributed by atoms with Crippen LogP contribution in [0.3, 0.4) is 0 Å². The normalized spacial score (nSPS) is 10.2. The van der Waals surface area contributed by atoms with Crippen molar-refractivity contribution in [1.29, 1.82) is 0 Å². The number of rotatable bonds is 3. The Hall–Kier alpha value is -1.87. The van der Waals surface area contributed by atoms with Gasteiger partial charge < -0.3 is 11.1 Å². The lowest BCUT2D eigenvalue weighted by Crippen LogP contribution is -2.15. The molecule has 0 saturated heterocycles. The van der Waals surface area contributed by atoms with Crippen LogP contribution in [0.4, 0.5) is 17.1 Å². The molecular weight excluding hydrogens is 409 g/mol.